The molecule has 0 spiro atoms. The van der Waals surface area contributed by atoms with E-state index in [0.29, 0.717) is 0 Å². The second-order valence-electron chi connectivity index (χ2n) is 3.08. The van der Waals surface area contributed by atoms with Gasteiger partial charge in [0, 0.05) is 12.6 Å². The highest BCUT2D eigenvalue weighted by Gasteiger charge is 2.32. The fourth-order valence-electron chi connectivity index (χ4n) is 1.90. The fraction of sp³-hybridized carbons (Fsp3) is 1.00. The van der Waals surface area contributed by atoms with Crippen molar-refractivity contribution in [2.75, 3.05) is 13.6 Å². The highest BCUT2D eigenvalue weighted by atomic mass is 15.2. The van der Waals surface area contributed by atoms with E-state index in [1.54, 1.807) is 0 Å². The maximum absolute atomic E-state index is 2.45. The molecule has 0 aromatic rings. The van der Waals surface area contributed by atoms with Gasteiger partial charge in [-0.05, 0) is 19.4 Å². The summed E-state index contributed by atoms with van der Waals surface area (Å²) < 4.78 is 0. The Labute approximate surface area is 58.0 Å². The van der Waals surface area contributed by atoms with E-state index >= 15 is 0 Å². The Hall–Kier alpha value is -0.0400. The van der Waals surface area contributed by atoms with Crippen LogP contribution in [0.15, 0.2) is 0 Å². The first kappa shape index (κ1) is 7.07. The molecule has 0 bridgehead atoms. The Morgan fingerprint density at radius 1 is 1.33 bits per heavy atom. The largest absolute Gasteiger partial charge is 0.303 e. The third-order valence-electron chi connectivity index (χ3n) is 2.58. The molecule has 0 aromatic carbocycles. The molecule has 0 radical (unpaired) electrons. The SMILES string of the molecule is CCC1CN(C)C1CC. The molecule has 9 heavy (non-hydrogen) atoms. The van der Waals surface area contributed by atoms with Crippen molar-refractivity contribution in [2.45, 2.75) is 32.7 Å². The fourth-order valence-corrected chi connectivity index (χ4v) is 1.90. The molecule has 1 nitrogen and oxygen atoms in total. The number of hydrogen-bond donors (Lipinski definition) is 0. The molecule has 0 N–H and O–H groups in total. The predicted octanol–water partition coefficient (Wildman–Crippen LogP) is 1.74. The third-order valence-corrected chi connectivity index (χ3v) is 2.58. The van der Waals surface area contributed by atoms with E-state index < -0.39 is 0 Å². The van der Waals surface area contributed by atoms with Crippen molar-refractivity contribution >= 4 is 0 Å². The normalized spacial score (nSPS) is 36.3. The van der Waals surface area contributed by atoms with Crippen LogP contribution in [-0.2, 0) is 0 Å². The van der Waals surface area contributed by atoms with Crippen LogP contribution < -0.4 is 0 Å². The van der Waals surface area contributed by atoms with Crippen molar-refractivity contribution < 1.29 is 0 Å². The number of likely N-dealkylation sites (tertiary alicyclic amines) is 1. The molecule has 0 aromatic heterocycles. The van der Waals surface area contributed by atoms with Gasteiger partial charge >= 0.3 is 0 Å². The minimum absolute atomic E-state index is 0.898. The lowest BCUT2D eigenvalue weighted by molar-refractivity contribution is 0.0365. The molecule has 1 aliphatic heterocycles. The van der Waals surface area contributed by atoms with Crippen LogP contribution >= 0.6 is 0 Å². The standard InChI is InChI=1S/C8H17N/c1-4-7-6-9(3)8(7)5-2/h7-8H,4-6H2,1-3H3. The zero-order chi connectivity index (χ0) is 6.85. The minimum atomic E-state index is 0.898. The molecule has 0 saturated carbocycles. The molecule has 0 aliphatic carbocycles. The van der Waals surface area contributed by atoms with Crippen LogP contribution in [0.4, 0.5) is 0 Å². The van der Waals surface area contributed by atoms with Gasteiger partial charge in [0.25, 0.3) is 0 Å². The van der Waals surface area contributed by atoms with Crippen molar-refractivity contribution in [1.29, 1.82) is 0 Å². The van der Waals surface area contributed by atoms with Gasteiger partial charge in [0.15, 0.2) is 0 Å². The average molecular weight is 127 g/mol. The van der Waals surface area contributed by atoms with E-state index in [1.807, 2.05) is 0 Å². The number of nitrogens with zero attached hydrogens (tertiary/aromatic N) is 1. The molecule has 54 valence electrons. The van der Waals surface area contributed by atoms with E-state index in [-0.39, 0.29) is 0 Å². The van der Waals surface area contributed by atoms with Gasteiger partial charge in [-0.15, -0.1) is 0 Å². The highest BCUT2D eigenvalue weighted by Crippen LogP contribution is 2.27. The van der Waals surface area contributed by atoms with Gasteiger partial charge in [-0.1, -0.05) is 20.3 Å². The van der Waals surface area contributed by atoms with E-state index in [4.69, 9.17) is 0 Å². The van der Waals surface area contributed by atoms with Gasteiger partial charge in [-0.3, -0.25) is 0 Å². The van der Waals surface area contributed by atoms with E-state index in [2.05, 4.69) is 25.8 Å². The maximum Gasteiger partial charge on any atom is 0.0130 e. The van der Waals surface area contributed by atoms with Crippen molar-refractivity contribution in [3.05, 3.63) is 0 Å². The first-order valence-corrected chi connectivity index (χ1v) is 3.99. The second-order valence-corrected chi connectivity index (χ2v) is 3.08. The highest BCUT2D eigenvalue weighted by molar-refractivity contribution is 4.87. The lowest BCUT2D eigenvalue weighted by Crippen LogP contribution is -2.53. The topological polar surface area (TPSA) is 3.24 Å². The summed E-state index contributed by atoms with van der Waals surface area (Å²) in [7, 11) is 2.22. The van der Waals surface area contributed by atoms with E-state index in [0.717, 1.165) is 12.0 Å². The van der Waals surface area contributed by atoms with E-state index in [9.17, 15) is 0 Å². The van der Waals surface area contributed by atoms with Gasteiger partial charge < -0.3 is 4.90 Å². The van der Waals surface area contributed by atoms with Gasteiger partial charge in [-0.2, -0.15) is 0 Å². The Balaban J connectivity index is 2.29. The lowest BCUT2D eigenvalue weighted by Gasteiger charge is -2.45. The Morgan fingerprint density at radius 3 is 2.22 bits per heavy atom. The Kier molecular flexibility index (Phi) is 2.12. The van der Waals surface area contributed by atoms with Gasteiger partial charge in [0.05, 0.1) is 0 Å². The summed E-state index contributed by atoms with van der Waals surface area (Å²) in [6.45, 7) is 5.90. The van der Waals surface area contributed by atoms with Crippen LogP contribution in [0.2, 0.25) is 0 Å². The zero-order valence-electron chi connectivity index (χ0n) is 6.72. The smallest absolute Gasteiger partial charge is 0.0130 e. The third kappa shape index (κ3) is 1.11. The van der Waals surface area contributed by atoms with Crippen LogP contribution in [0.25, 0.3) is 0 Å². The summed E-state index contributed by atoms with van der Waals surface area (Å²) >= 11 is 0. The maximum atomic E-state index is 2.45. The van der Waals surface area contributed by atoms with E-state index in [1.165, 1.54) is 19.4 Å². The lowest BCUT2D eigenvalue weighted by atomic mass is 9.85. The molecule has 1 fully saturated rings. The molecule has 1 aliphatic rings. The summed E-state index contributed by atoms with van der Waals surface area (Å²) in [5.74, 6) is 1.000. The Morgan fingerprint density at radius 2 is 2.00 bits per heavy atom. The van der Waals surface area contributed by atoms with Gasteiger partial charge in [-0.25, -0.2) is 0 Å². The monoisotopic (exact) mass is 127 g/mol. The molecule has 2 atom stereocenters. The quantitative estimate of drug-likeness (QED) is 0.546. The number of hydrogen-bond acceptors (Lipinski definition) is 1. The van der Waals surface area contributed by atoms with Crippen molar-refractivity contribution in [3.63, 3.8) is 0 Å². The second kappa shape index (κ2) is 2.70. The summed E-state index contributed by atoms with van der Waals surface area (Å²) in [4.78, 5) is 2.45. The number of rotatable bonds is 2. The summed E-state index contributed by atoms with van der Waals surface area (Å²) in [6, 6.07) is 0.898. The van der Waals surface area contributed by atoms with Crippen LogP contribution in [-0.4, -0.2) is 24.5 Å². The molecule has 1 rings (SSSR count). The molecular formula is C8H17N. The molecule has 2 unspecified atom stereocenters. The van der Waals surface area contributed by atoms with Crippen LogP contribution in [0.5, 0.6) is 0 Å². The van der Waals surface area contributed by atoms with Crippen molar-refractivity contribution in [2.24, 2.45) is 5.92 Å². The van der Waals surface area contributed by atoms with Gasteiger partial charge in [0.1, 0.15) is 0 Å². The molecule has 1 saturated heterocycles. The molecule has 1 heterocycles. The first-order chi connectivity index (χ1) is 4.29. The zero-order valence-corrected chi connectivity index (χ0v) is 6.72. The summed E-state index contributed by atoms with van der Waals surface area (Å²) in [5.41, 5.74) is 0. The minimum Gasteiger partial charge on any atom is -0.303 e. The van der Waals surface area contributed by atoms with Crippen LogP contribution in [0.1, 0.15) is 26.7 Å². The van der Waals surface area contributed by atoms with Crippen LogP contribution in [0.3, 0.4) is 0 Å². The average Bonchev–Trinajstić information content (AvgIpc) is 1.83. The summed E-state index contributed by atoms with van der Waals surface area (Å²) in [6.07, 6.45) is 2.69. The molecule has 1 heteroatoms. The first-order valence-electron chi connectivity index (χ1n) is 3.99. The molecular weight excluding hydrogens is 110 g/mol. The van der Waals surface area contributed by atoms with Gasteiger partial charge in [0.2, 0.25) is 0 Å². The summed E-state index contributed by atoms with van der Waals surface area (Å²) in [5, 5.41) is 0. The van der Waals surface area contributed by atoms with Crippen molar-refractivity contribution in [3.8, 4) is 0 Å². The molecule has 0 amide bonds. The Bertz CT molecular complexity index is 90.6. The van der Waals surface area contributed by atoms with Crippen LogP contribution in [0, 0.1) is 5.92 Å². The van der Waals surface area contributed by atoms with Crippen molar-refractivity contribution in [1.82, 2.24) is 4.90 Å². The predicted molar refractivity (Wildman–Crippen MR) is 40.5 cm³/mol.